The van der Waals surface area contributed by atoms with E-state index in [9.17, 15) is 0 Å². The summed E-state index contributed by atoms with van der Waals surface area (Å²) in [5, 5.41) is 7.62. The van der Waals surface area contributed by atoms with Crippen molar-refractivity contribution >= 4 is 0 Å². The van der Waals surface area contributed by atoms with E-state index in [1.807, 2.05) is 0 Å². The molecule has 2 aliphatic rings. The zero-order chi connectivity index (χ0) is 13.8. The number of hydrogen-bond acceptors (Lipinski definition) is 5. The largest absolute Gasteiger partial charge is 0.339 e. The van der Waals surface area contributed by atoms with Crippen LogP contribution in [-0.2, 0) is 6.42 Å². The van der Waals surface area contributed by atoms with Gasteiger partial charge in [0.2, 0.25) is 5.89 Å². The van der Waals surface area contributed by atoms with E-state index < -0.39 is 0 Å². The van der Waals surface area contributed by atoms with Crippen LogP contribution in [0.2, 0.25) is 0 Å². The van der Waals surface area contributed by atoms with Crippen LogP contribution in [0.4, 0.5) is 0 Å². The Bertz CT molecular complexity index is 414. The fourth-order valence-electron chi connectivity index (χ4n) is 3.50. The molecule has 0 amide bonds. The molecular formula is C15H26N4O. The number of rotatable bonds is 4. The molecule has 2 fully saturated rings. The highest BCUT2D eigenvalue weighted by Gasteiger charge is 2.25. The maximum Gasteiger partial charge on any atom is 0.231 e. The van der Waals surface area contributed by atoms with Gasteiger partial charge < -0.3 is 14.7 Å². The summed E-state index contributed by atoms with van der Waals surface area (Å²) in [5.41, 5.74) is 0. The normalized spacial score (nSPS) is 28.6. The van der Waals surface area contributed by atoms with Crippen LogP contribution >= 0.6 is 0 Å². The second kappa shape index (κ2) is 6.68. The highest BCUT2D eigenvalue weighted by atomic mass is 16.5. The predicted molar refractivity (Wildman–Crippen MR) is 77.7 cm³/mol. The maximum atomic E-state index is 5.49. The number of piperidine rings is 2. The fraction of sp³-hybridized carbons (Fsp3) is 0.867. The smallest absolute Gasteiger partial charge is 0.231 e. The lowest BCUT2D eigenvalue weighted by molar-refractivity contribution is 0.153. The monoisotopic (exact) mass is 278 g/mol. The van der Waals surface area contributed by atoms with Crippen molar-refractivity contribution in [1.82, 2.24) is 20.4 Å². The molecule has 2 saturated heterocycles. The number of nitrogens with zero attached hydrogens (tertiary/aromatic N) is 3. The summed E-state index contributed by atoms with van der Waals surface area (Å²) in [4.78, 5) is 7.21. The first-order chi connectivity index (χ1) is 9.86. The van der Waals surface area contributed by atoms with Gasteiger partial charge in [-0.3, -0.25) is 0 Å². The van der Waals surface area contributed by atoms with Crippen LogP contribution in [0.5, 0.6) is 0 Å². The van der Waals surface area contributed by atoms with Crippen LogP contribution in [0.25, 0.3) is 0 Å². The van der Waals surface area contributed by atoms with E-state index >= 15 is 0 Å². The molecule has 1 N–H and O–H groups in total. The Kier molecular flexibility index (Phi) is 4.68. The Labute approximate surface area is 121 Å². The van der Waals surface area contributed by atoms with E-state index in [0.717, 1.165) is 37.8 Å². The third-order valence-electron chi connectivity index (χ3n) is 4.70. The van der Waals surface area contributed by atoms with Crippen molar-refractivity contribution in [2.45, 2.75) is 57.4 Å². The van der Waals surface area contributed by atoms with Gasteiger partial charge in [0.05, 0.1) is 5.92 Å². The van der Waals surface area contributed by atoms with Gasteiger partial charge >= 0.3 is 0 Å². The van der Waals surface area contributed by atoms with Gasteiger partial charge in [-0.25, -0.2) is 0 Å². The Morgan fingerprint density at radius 2 is 2.25 bits per heavy atom. The second-order valence-corrected chi connectivity index (χ2v) is 6.07. The first-order valence-electron chi connectivity index (χ1n) is 8.14. The van der Waals surface area contributed by atoms with Crippen LogP contribution in [0.3, 0.4) is 0 Å². The zero-order valence-corrected chi connectivity index (χ0v) is 12.5. The van der Waals surface area contributed by atoms with Crippen molar-refractivity contribution in [3.63, 3.8) is 0 Å². The van der Waals surface area contributed by atoms with E-state index in [0.29, 0.717) is 12.0 Å². The van der Waals surface area contributed by atoms with E-state index in [2.05, 4.69) is 27.3 Å². The molecule has 1 aromatic heterocycles. The van der Waals surface area contributed by atoms with E-state index in [-0.39, 0.29) is 0 Å². The molecule has 3 heterocycles. The summed E-state index contributed by atoms with van der Waals surface area (Å²) in [6.45, 7) is 6.69. The lowest BCUT2D eigenvalue weighted by atomic mass is 9.98. The van der Waals surface area contributed by atoms with E-state index in [1.165, 1.54) is 38.6 Å². The first kappa shape index (κ1) is 14.0. The maximum absolute atomic E-state index is 5.49. The molecule has 5 heteroatoms. The SMILES string of the molecule is CCN1CCCCC1Cc1noc(C2CCCNC2)n1. The van der Waals surface area contributed by atoms with Gasteiger partial charge in [-0.1, -0.05) is 18.5 Å². The van der Waals surface area contributed by atoms with Gasteiger partial charge in [0.1, 0.15) is 0 Å². The Morgan fingerprint density at radius 3 is 3.05 bits per heavy atom. The summed E-state index contributed by atoms with van der Waals surface area (Å²) >= 11 is 0. The topological polar surface area (TPSA) is 54.2 Å². The predicted octanol–water partition coefficient (Wildman–Crippen LogP) is 1.95. The minimum atomic E-state index is 0.415. The Morgan fingerprint density at radius 1 is 1.30 bits per heavy atom. The van der Waals surface area contributed by atoms with Gasteiger partial charge in [0, 0.05) is 19.0 Å². The van der Waals surface area contributed by atoms with Crippen LogP contribution < -0.4 is 5.32 Å². The highest BCUT2D eigenvalue weighted by molar-refractivity contribution is 4.98. The van der Waals surface area contributed by atoms with Gasteiger partial charge in [-0.2, -0.15) is 4.98 Å². The number of hydrogen-bond donors (Lipinski definition) is 1. The molecule has 5 nitrogen and oxygen atoms in total. The van der Waals surface area contributed by atoms with Crippen molar-refractivity contribution in [1.29, 1.82) is 0 Å². The van der Waals surface area contributed by atoms with E-state index in [4.69, 9.17) is 4.52 Å². The van der Waals surface area contributed by atoms with Crippen LogP contribution in [0.15, 0.2) is 4.52 Å². The molecule has 0 bridgehead atoms. The third-order valence-corrected chi connectivity index (χ3v) is 4.70. The van der Waals surface area contributed by atoms with Crippen molar-refractivity contribution < 1.29 is 4.52 Å². The summed E-state index contributed by atoms with van der Waals surface area (Å²) in [6.07, 6.45) is 7.24. The molecule has 2 aliphatic heterocycles. The fourth-order valence-corrected chi connectivity index (χ4v) is 3.50. The van der Waals surface area contributed by atoms with Gasteiger partial charge in [-0.15, -0.1) is 0 Å². The molecule has 2 unspecified atom stereocenters. The summed E-state index contributed by atoms with van der Waals surface area (Å²) in [5.74, 6) is 2.15. The number of nitrogens with one attached hydrogen (secondary N) is 1. The van der Waals surface area contributed by atoms with Crippen LogP contribution in [-0.4, -0.2) is 47.3 Å². The minimum absolute atomic E-state index is 0.415. The number of aromatic nitrogens is 2. The van der Waals surface area contributed by atoms with Gasteiger partial charge in [0.15, 0.2) is 5.82 Å². The average Bonchev–Trinajstić information content (AvgIpc) is 2.97. The molecular weight excluding hydrogens is 252 g/mol. The second-order valence-electron chi connectivity index (χ2n) is 6.07. The zero-order valence-electron chi connectivity index (χ0n) is 12.5. The standard InChI is InChI=1S/C15H26N4O/c1-2-19-9-4-3-7-13(19)10-14-17-15(20-18-14)12-6-5-8-16-11-12/h12-13,16H,2-11H2,1H3. The van der Waals surface area contributed by atoms with Gasteiger partial charge in [0.25, 0.3) is 0 Å². The Balaban J connectivity index is 1.61. The summed E-state index contributed by atoms with van der Waals surface area (Å²) in [6, 6.07) is 0.601. The molecule has 0 saturated carbocycles. The third kappa shape index (κ3) is 3.20. The number of likely N-dealkylation sites (tertiary alicyclic amines) is 1. The van der Waals surface area contributed by atoms with Crippen molar-refractivity contribution in [2.24, 2.45) is 0 Å². The highest BCUT2D eigenvalue weighted by Crippen LogP contribution is 2.23. The quantitative estimate of drug-likeness (QED) is 0.912. The molecule has 0 aromatic carbocycles. The molecule has 3 rings (SSSR count). The molecule has 0 radical (unpaired) electrons. The van der Waals surface area contributed by atoms with Crippen molar-refractivity contribution in [2.75, 3.05) is 26.2 Å². The lowest BCUT2D eigenvalue weighted by Gasteiger charge is -2.34. The van der Waals surface area contributed by atoms with Crippen molar-refractivity contribution in [3.8, 4) is 0 Å². The molecule has 112 valence electrons. The summed E-state index contributed by atoms with van der Waals surface area (Å²) < 4.78 is 5.49. The van der Waals surface area contributed by atoms with Gasteiger partial charge in [-0.05, 0) is 45.3 Å². The van der Waals surface area contributed by atoms with Crippen LogP contribution in [0, 0.1) is 0 Å². The molecule has 20 heavy (non-hydrogen) atoms. The molecule has 1 aromatic rings. The summed E-state index contributed by atoms with van der Waals surface area (Å²) in [7, 11) is 0. The molecule has 0 aliphatic carbocycles. The lowest BCUT2D eigenvalue weighted by Crippen LogP contribution is -2.40. The number of likely N-dealkylation sites (N-methyl/N-ethyl adjacent to an activating group) is 1. The molecule has 2 atom stereocenters. The first-order valence-corrected chi connectivity index (χ1v) is 8.14. The van der Waals surface area contributed by atoms with E-state index in [1.54, 1.807) is 0 Å². The van der Waals surface area contributed by atoms with Crippen molar-refractivity contribution in [3.05, 3.63) is 11.7 Å². The minimum Gasteiger partial charge on any atom is -0.339 e. The molecule has 0 spiro atoms. The van der Waals surface area contributed by atoms with Crippen LogP contribution in [0.1, 0.15) is 56.7 Å². The Hall–Kier alpha value is -0.940. The average molecular weight is 278 g/mol.